The molecule has 7 heteroatoms. The normalized spacial score (nSPS) is 16.0. The summed E-state index contributed by atoms with van der Waals surface area (Å²) in [6, 6.07) is 2.31. The molecule has 1 aliphatic carbocycles. The summed E-state index contributed by atoms with van der Waals surface area (Å²) >= 11 is 7.48. The number of anilines is 1. The second-order valence-electron chi connectivity index (χ2n) is 7.32. The minimum Gasteiger partial charge on any atom is -0.357 e. The third kappa shape index (κ3) is 6.13. The van der Waals surface area contributed by atoms with Crippen molar-refractivity contribution in [1.29, 1.82) is 0 Å². The minimum atomic E-state index is -0.237. The number of carbonyl (C=O) groups is 1. The zero-order valence-electron chi connectivity index (χ0n) is 14.9. The maximum absolute atomic E-state index is 12.0. The van der Waals surface area contributed by atoms with Gasteiger partial charge in [0.05, 0.1) is 5.75 Å². The highest BCUT2D eigenvalue weighted by atomic mass is 35.5. The number of halogens is 1. The van der Waals surface area contributed by atoms with Crippen molar-refractivity contribution in [2.24, 2.45) is 0 Å². The van der Waals surface area contributed by atoms with E-state index in [9.17, 15) is 4.79 Å². The lowest BCUT2D eigenvalue weighted by atomic mass is 9.94. The summed E-state index contributed by atoms with van der Waals surface area (Å²) in [4.78, 5) is 23.0. The molecule has 2 rings (SSSR count). The van der Waals surface area contributed by atoms with Gasteiger partial charge in [0.25, 0.3) is 0 Å². The second-order valence-corrected chi connectivity index (χ2v) is 8.65. The van der Waals surface area contributed by atoms with Crippen LogP contribution in [0.4, 0.5) is 5.82 Å². The van der Waals surface area contributed by atoms with Gasteiger partial charge in [-0.05, 0) is 33.6 Å². The van der Waals surface area contributed by atoms with Crippen molar-refractivity contribution in [3.63, 3.8) is 0 Å². The molecule has 134 valence electrons. The predicted octanol–water partition coefficient (Wildman–Crippen LogP) is 3.91. The molecule has 1 aromatic heterocycles. The molecular formula is C17H27ClN4OS. The quantitative estimate of drug-likeness (QED) is 0.484. The molecule has 0 aromatic carbocycles. The zero-order valence-corrected chi connectivity index (χ0v) is 16.5. The van der Waals surface area contributed by atoms with Crippen LogP contribution in [-0.4, -0.2) is 40.3 Å². The molecule has 1 aromatic rings. The smallest absolute Gasteiger partial charge is 0.230 e. The lowest BCUT2D eigenvalue weighted by Gasteiger charge is -2.32. The number of hydrogen-bond acceptors (Lipinski definition) is 5. The summed E-state index contributed by atoms with van der Waals surface area (Å²) in [7, 11) is 2.06. The van der Waals surface area contributed by atoms with E-state index in [0.717, 1.165) is 5.82 Å². The maximum Gasteiger partial charge on any atom is 0.230 e. The number of hydrogen-bond donors (Lipinski definition) is 1. The molecule has 24 heavy (non-hydrogen) atoms. The fourth-order valence-electron chi connectivity index (χ4n) is 2.87. The summed E-state index contributed by atoms with van der Waals surface area (Å²) < 4.78 is 0. The van der Waals surface area contributed by atoms with Crippen LogP contribution in [-0.2, 0) is 4.79 Å². The summed E-state index contributed by atoms with van der Waals surface area (Å²) in [6.45, 7) is 5.88. The van der Waals surface area contributed by atoms with Crippen LogP contribution in [0.25, 0.3) is 0 Å². The summed E-state index contributed by atoms with van der Waals surface area (Å²) in [5, 5.41) is 3.90. The van der Waals surface area contributed by atoms with Gasteiger partial charge in [-0.3, -0.25) is 4.79 Å². The van der Waals surface area contributed by atoms with E-state index in [0.29, 0.717) is 16.4 Å². The largest absolute Gasteiger partial charge is 0.357 e. The van der Waals surface area contributed by atoms with E-state index in [2.05, 4.69) is 27.2 Å². The van der Waals surface area contributed by atoms with Crippen molar-refractivity contribution in [2.75, 3.05) is 17.7 Å². The van der Waals surface area contributed by atoms with Crippen LogP contribution >= 0.6 is 23.4 Å². The van der Waals surface area contributed by atoms with Gasteiger partial charge in [-0.15, -0.1) is 0 Å². The number of nitrogens with zero attached hydrogens (tertiary/aromatic N) is 3. The monoisotopic (exact) mass is 370 g/mol. The van der Waals surface area contributed by atoms with Crippen LogP contribution in [0.15, 0.2) is 11.2 Å². The molecule has 1 fully saturated rings. The van der Waals surface area contributed by atoms with Crippen molar-refractivity contribution in [2.45, 2.75) is 69.6 Å². The fourth-order valence-corrected chi connectivity index (χ4v) is 3.75. The Hall–Kier alpha value is -1.01. The first kappa shape index (κ1) is 19.3. The lowest BCUT2D eigenvalue weighted by Crippen LogP contribution is -2.41. The second kappa shape index (κ2) is 8.39. The number of carbonyl (C=O) groups excluding carboxylic acids is 1. The molecule has 0 saturated heterocycles. The van der Waals surface area contributed by atoms with Crippen molar-refractivity contribution in [3.05, 3.63) is 11.2 Å². The molecule has 0 aliphatic heterocycles. The molecule has 1 saturated carbocycles. The Kier molecular flexibility index (Phi) is 6.75. The molecule has 1 heterocycles. The van der Waals surface area contributed by atoms with Gasteiger partial charge < -0.3 is 10.2 Å². The van der Waals surface area contributed by atoms with E-state index in [1.54, 1.807) is 6.07 Å². The average molecular weight is 371 g/mol. The third-order valence-electron chi connectivity index (χ3n) is 3.99. The van der Waals surface area contributed by atoms with Crippen molar-refractivity contribution >= 4 is 35.1 Å². The Morgan fingerprint density at radius 1 is 1.33 bits per heavy atom. The first-order valence-corrected chi connectivity index (χ1v) is 9.82. The molecule has 0 unspecified atom stereocenters. The van der Waals surface area contributed by atoms with Gasteiger partial charge in [0.1, 0.15) is 11.0 Å². The van der Waals surface area contributed by atoms with E-state index in [-0.39, 0.29) is 17.2 Å². The van der Waals surface area contributed by atoms with Crippen LogP contribution in [0.5, 0.6) is 0 Å². The average Bonchev–Trinajstić information content (AvgIpc) is 2.51. The number of thioether (sulfide) groups is 1. The molecule has 1 amide bonds. The van der Waals surface area contributed by atoms with E-state index in [1.807, 2.05) is 20.8 Å². The van der Waals surface area contributed by atoms with Crippen LogP contribution in [0.2, 0.25) is 5.15 Å². The summed E-state index contributed by atoms with van der Waals surface area (Å²) in [6.07, 6.45) is 6.23. The topological polar surface area (TPSA) is 58.1 Å². The summed E-state index contributed by atoms with van der Waals surface area (Å²) in [5.74, 6) is 1.09. The van der Waals surface area contributed by atoms with Crippen molar-refractivity contribution in [3.8, 4) is 0 Å². The lowest BCUT2D eigenvalue weighted by molar-refractivity contribution is -0.119. The Labute approximate surface area is 154 Å². The number of nitrogens with one attached hydrogen (secondary N) is 1. The standard InChI is InChI=1S/C17H27ClN4OS/c1-17(2,3)21-15(23)11-24-16-19-13(18)10-14(20-16)22(4)12-8-6-5-7-9-12/h10,12H,5-9,11H2,1-4H3,(H,21,23). The van der Waals surface area contributed by atoms with Crippen molar-refractivity contribution in [1.82, 2.24) is 15.3 Å². The molecule has 0 atom stereocenters. The van der Waals surface area contributed by atoms with Crippen LogP contribution < -0.4 is 10.2 Å². The zero-order chi connectivity index (χ0) is 17.7. The van der Waals surface area contributed by atoms with Crippen molar-refractivity contribution < 1.29 is 4.79 Å². The molecule has 1 N–H and O–H groups in total. The predicted molar refractivity (Wildman–Crippen MR) is 101 cm³/mol. The fraction of sp³-hybridized carbons (Fsp3) is 0.706. The van der Waals surface area contributed by atoms with Crippen LogP contribution in [0.1, 0.15) is 52.9 Å². The number of amides is 1. The molecular weight excluding hydrogens is 344 g/mol. The van der Waals surface area contributed by atoms with Crippen LogP contribution in [0.3, 0.4) is 0 Å². The maximum atomic E-state index is 12.0. The van der Waals surface area contributed by atoms with Gasteiger partial charge in [0.2, 0.25) is 5.91 Å². The third-order valence-corrected chi connectivity index (χ3v) is 5.03. The van der Waals surface area contributed by atoms with Gasteiger partial charge >= 0.3 is 0 Å². The molecule has 1 aliphatic rings. The minimum absolute atomic E-state index is 0.0294. The van der Waals surface area contributed by atoms with Gasteiger partial charge in [0.15, 0.2) is 5.16 Å². The van der Waals surface area contributed by atoms with Gasteiger partial charge in [0, 0.05) is 24.7 Å². The van der Waals surface area contributed by atoms with E-state index >= 15 is 0 Å². The Morgan fingerprint density at radius 3 is 2.62 bits per heavy atom. The Morgan fingerprint density at radius 2 is 2.00 bits per heavy atom. The Bertz CT molecular complexity index is 570. The first-order chi connectivity index (χ1) is 11.2. The van der Waals surface area contributed by atoms with E-state index < -0.39 is 0 Å². The van der Waals surface area contributed by atoms with E-state index in [4.69, 9.17) is 11.6 Å². The van der Waals surface area contributed by atoms with Crippen LogP contribution in [0, 0.1) is 0 Å². The van der Waals surface area contributed by atoms with Gasteiger partial charge in [-0.1, -0.05) is 42.6 Å². The molecule has 0 radical (unpaired) electrons. The molecule has 5 nitrogen and oxygen atoms in total. The highest BCUT2D eigenvalue weighted by molar-refractivity contribution is 7.99. The highest BCUT2D eigenvalue weighted by Gasteiger charge is 2.20. The first-order valence-electron chi connectivity index (χ1n) is 8.46. The van der Waals surface area contributed by atoms with Gasteiger partial charge in [-0.2, -0.15) is 0 Å². The number of rotatable bonds is 5. The SMILES string of the molecule is CN(c1cc(Cl)nc(SCC(=O)NC(C)(C)C)n1)C1CCCCC1. The number of aromatic nitrogens is 2. The Balaban J connectivity index is 2.01. The molecule has 0 spiro atoms. The molecule has 0 bridgehead atoms. The van der Waals surface area contributed by atoms with E-state index in [1.165, 1.54) is 43.9 Å². The summed E-state index contributed by atoms with van der Waals surface area (Å²) in [5.41, 5.74) is -0.237. The van der Waals surface area contributed by atoms with Gasteiger partial charge in [-0.25, -0.2) is 9.97 Å². The highest BCUT2D eigenvalue weighted by Crippen LogP contribution is 2.27.